The first-order valence-corrected chi connectivity index (χ1v) is 12.5. The number of benzene rings is 2. The number of carbonyl (C=O) groups is 3. The predicted octanol–water partition coefficient (Wildman–Crippen LogP) is 4.68. The third-order valence-corrected chi connectivity index (χ3v) is 5.92. The number of halogens is 7. The van der Waals surface area contributed by atoms with E-state index in [4.69, 9.17) is 23.2 Å². The average molecular weight is 610 g/mol. The molecule has 4 N–H and O–H groups in total. The molecule has 0 aliphatic carbocycles. The fourth-order valence-electron chi connectivity index (χ4n) is 3.50. The van der Waals surface area contributed by atoms with E-state index < -0.39 is 60.5 Å². The zero-order chi connectivity index (χ0) is 30.3. The molecular weight excluding hydrogens is 584 g/mol. The van der Waals surface area contributed by atoms with Gasteiger partial charge in [-0.15, -0.1) is 0 Å². The second-order valence-electron chi connectivity index (χ2n) is 9.03. The molecule has 0 saturated heterocycles. The Kier molecular flexibility index (Phi) is 11.5. The molecule has 0 aliphatic rings. The minimum atomic E-state index is -4.96. The fraction of sp³-hybridized carbons (Fsp3) is 0.346. The highest BCUT2D eigenvalue weighted by Crippen LogP contribution is 2.26. The number of aliphatic hydroxyl groups is 1. The molecular formula is C26H26Cl2F5N3O4. The standard InChI is InChI=1S/C26H26Cl2F5N3O4/c1-14(2)20(22(38)26(32,33)24(40)34-13-25(29,30)31)36-23(39)21(16-6-4-3-5-7-16)35-19(37)9-8-15-10-17(27)12-18(28)11-15/h3-12,14,20-22,38H,13H2,1-2H3,(H,34,40)(H,35,37)(H,36,39)/b9-8+/t20-,21-,22+/m0/s1. The zero-order valence-electron chi connectivity index (χ0n) is 21.1. The fourth-order valence-corrected chi connectivity index (χ4v) is 4.04. The molecule has 0 spiro atoms. The van der Waals surface area contributed by atoms with Crippen molar-refractivity contribution in [1.29, 1.82) is 0 Å². The Balaban J connectivity index is 2.26. The summed E-state index contributed by atoms with van der Waals surface area (Å²) < 4.78 is 66.4. The summed E-state index contributed by atoms with van der Waals surface area (Å²) in [5.74, 6) is -9.77. The van der Waals surface area contributed by atoms with Gasteiger partial charge in [0.05, 0.1) is 6.04 Å². The van der Waals surface area contributed by atoms with Gasteiger partial charge in [0, 0.05) is 16.1 Å². The summed E-state index contributed by atoms with van der Waals surface area (Å²) >= 11 is 11.9. The molecule has 0 unspecified atom stereocenters. The van der Waals surface area contributed by atoms with E-state index in [2.05, 4.69) is 10.6 Å². The Labute approximate surface area is 236 Å². The van der Waals surface area contributed by atoms with Crippen molar-refractivity contribution in [3.05, 3.63) is 75.8 Å². The molecule has 2 rings (SSSR count). The smallest absolute Gasteiger partial charge is 0.384 e. The van der Waals surface area contributed by atoms with Crippen molar-refractivity contribution in [2.75, 3.05) is 6.54 Å². The SMILES string of the molecule is CC(C)[C@H](NC(=O)[C@@H](NC(=O)/C=C/c1cc(Cl)cc(Cl)c1)c1ccccc1)[C@@H](O)C(F)(F)C(=O)NCC(F)(F)F. The van der Waals surface area contributed by atoms with Gasteiger partial charge in [0.15, 0.2) is 0 Å². The van der Waals surface area contributed by atoms with Gasteiger partial charge in [0.1, 0.15) is 18.7 Å². The Morgan fingerprint density at radius 2 is 1.52 bits per heavy atom. The molecule has 0 aliphatic heterocycles. The number of hydrogen-bond donors (Lipinski definition) is 4. The lowest BCUT2D eigenvalue weighted by Crippen LogP contribution is -2.60. The summed E-state index contributed by atoms with van der Waals surface area (Å²) in [6, 6.07) is 8.99. The summed E-state index contributed by atoms with van der Waals surface area (Å²) in [6.45, 7) is 0.642. The van der Waals surface area contributed by atoms with E-state index >= 15 is 0 Å². The Morgan fingerprint density at radius 3 is 2.05 bits per heavy atom. The molecule has 3 atom stereocenters. The molecule has 0 fully saturated rings. The van der Waals surface area contributed by atoms with Gasteiger partial charge >= 0.3 is 12.1 Å². The molecule has 3 amide bonds. The van der Waals surface area contributed by atoms with E-state index in [1.165, 1.54) is 50.3 Å². The Bertz CT molecular complexity index is 1210. The van der Waals surface area contributed by atoms with Crippen LogP contribution in [0.4, 0.5) is 22.0 Å². The van der Waals surface area contributed by atoms with E-state index in [-0.39, 0.29) is 5.56 Å². The van der Waals surface area contributed by atoms with Crippen LogP contribution in [0.2, 0.25) is 10.0 Å². The Hall–Kier alpha value is -3.22. The number of nitrogens with one attached hydrogen (secondary N) is 3. The van der Waals surface area contributed by atoms with E-state index in [9.17, 15) is 41.4 Å². The van der Waals surface area contributed by atoms with Crippen LogP contribution in [0, 0.1) is 5.92 Å². The lowest BCUT2D eigenvalue weighted by Gasteiger charge is -2.33. The van der Waals surface area contributed by atoms with Crippen molar-refractivity contribution < 1.29 is 41.4 Å². The van der Waals surface area contributed by atoms with E-state index in [1.807, 2.05) is 0 Å². The van der Waals surface area contributed by atoms with Crippen LogP contribution in [0.3, 0.4) is 0 Å². The van der Waals surface area contributed by atoms with Gasteiger partial charge in [-0.05, 0) is 41.3 Å². The van der Waals surface area contributed by atoms with Crippen molar-refractivity contribution >= 4 is 47.0 Å². The van der Waals surface area contributed by atoms with Crippen LogP contribution in [0.1, 0.15) is 31.0 Å². The van der Waals surface area contributed by atoms with Crippen LogP contribution < -0.4 is 16.0 Å². The van der Waals surface area contributed by atoms with E-state index in [0.29, 0.717) is 15.6 Å². The third-order valence-electron chi connectivity index (χ3n) is 5.48. The summed E-state index contributed by atoms with van der Waals surface area (Å²) in [5, 5.41) is 16.6. The average Bonchev–Trinajstić information content (AvgIpc) is 2.86. The largest absolute Gasteiger partial charge is 0.405 e. The first kappa shape index (κ1) is 33.0. The molecule has 14 heteroatoms. The highest BCUT2D eigenvalue weighted by Gasteiger charge is 2.52. The zero-order valence-corrected chi connectivity index (χ0v) is 22.6. The van der Waals surface area contributed by atoms with Crippen molar-refractivity contribution in [1.82, 2.24) is 16.0 Å². The number of carbonyl (C=O) groups excluding carboxylic acids is 3. The molecule has 0 aromatic heterocycles. The monoisotopic (exact) mass is 609 g/mol. The third kappa shape index (κ3) is 9.76. The van der Waals surface area contributed by atoms with Gasteiger partial charge in [-0.25, -0.2) is 0 Å². The van der Waals surface area contributed by atoms with Crippen molar-refractivity contribution in [2.45, 2.75) is 44.1 Å². The molecule has 0 saturated carbocycles. The maximum absolute atomic E-state index is 14.6. The van der Waals surface area contributed by atoms with Crippen LogP contribution >= 0.6 is 23.2 Å². The van der Waals surface area contributed by atoms with Gasteiger partial charge in [0.2, 0.25) is 11.8 Å². The van der Waals surface area contributed by atoms with Gasteiger partial charge in [-0.1, -0.05) is 67.4 Å². The summed E-state index contributed by atoms with van der Waals surface area (Å²) in [4.78, 5) is 37.7. The van der Waals surface area contributed by atoms with Gasteiger partial charge in [0.25, 0.3) is 5.91 Å². The van der Waals surface area contributed by atoms with E-state index in [0.717, 1.165) is 11.4 Å². The van der Waals surface area contributed by atoms with Crippen LogP contribution in [-0.4, -0.2) is 53.6 Å². The van der Waals surface area contributed by atoms with Crippen LogP contribution in [0.25, 0.3) is 6.08 Å². The maximum atomic E-state index is 14.6. The molecule has 2 aromatic carbocycles. The van der Waals surface area contributed by atoms with Crippen molar-refractivity contribution in [2.24, 2.45) is 5.92 Å². The van der Waals surface area contributed by atoms with Crippen LogP contribution in [0.5, 0.6) is 0 Å². The van der Waals surface area contributed by atoms with Crippen LogP contribution in [-0.2, 0) is 14.4 Å². The normalized spacial score (nSPS) is 14.5. The first-order chi connectivity index (χ1) is 18.5. The van der Waals surface area contributed by atoms with Gasteiger partial charge < -0.3 is 21.1 Å². The number of rotatable bonds is 11. The summed E-state index contributed by atoms with van der Waals surface area (Å²) in [7, 11) is 0. The first-order valence-electron chi connectivity index (χ1n) is 11.7. The van der Waals surface area contributed by atoms with Crippen molar-refractivity contribution in [3.63, 3.8) is 0 Å². The molecule has 7 nitrogen and oxygen atoms in total. The minimum absolute atomic E-state index is 0.249. The number of amides is 3. The molecule has 2 aromatic rings. The Morgan fingerprint density at radius 1 is 0.950 bits per heavy atom. The lowest BCUT2D eigenvalue weighted by atomic mass is 9.93. The maximum Gasteiger partial charge on any atom is 0.405 e. The number of hydrogen-bond acceptors (Lipinski definition) is 4. The summed E-state index contributed by atoms with van der Waals surface area (Å²) in [5.41, 5.74) is 0.724. The topological polar surface area (TPSA) is 108 Å². The molecule has 40 heavy (non-hydrogen) atoms. The minimum Gasteiger partial charge on any atom is -0.384 e. The van der Waals surface area contributed by atoms with Gasteiger partial charge in [-0.2, -0.15) is 22.0 Å². The highest BCUT2D eigenvalue weighted by molar-refractivity contribution is 6.34. The van der Waals surface area contributed by atoms with Crippen LogP contribution in [0.15, 0.2) is 54.6 Å². The predicted molar refractivity (Wildman–Crippen MR) is 140 cm³/mol. The van der Waals surface area contributed by atoms with Gasteiger partial charge in [-0.3, -0.25) is 14.4 Å². The quantitative estimate of drug-likeness (QED) is 0.219. The number of aliphatic hydroxyl groups excluding tert-OH is 1. The molecule has 218 valence electrons. The molecule has 0 heterocycles. The number of alkyl halides is 5. The highest BCUT2D eigenvalue weighted by atomic mass is 35.5. The van der Waals surface area contributed by atoms with E-state index in [1.54, 1.807) is 18.2 Å². The second-order valence-corrected chi connectivity index (χ2v) is 9.91. The summed E-state index contributed by atoms with van der Waals surface area (Å²) in [6.07, 6.45) is -5.41. The second kappa shape index (κ2) is 13.9. The lowest BCUT2D eigenvalue weighted by molar-refractivity contribution is -0.174. The van der Waals surface area contributed by atoms with Crippen molar-refractivity contribution in [3.8, 4) is 0 Å². The molecule has 0 bridgehead atoms. The molecule has 0 radical (unpaired) electrons.